The Balaban J connectivity index is 1.90. The first-order valence-electron chi connectivity index (χ1n) is 8.61. The molecule has 0 spiro atoms. The van der Waals surface area contributed by atoms with Gasteiger partial charge >= 0.3 is 0 Å². The van der Waals surface area contributed by atoms with Crippen LogP contribution in [-0.2, 0) is 6.54 Å². The number of nitrogens with zero attached hydrogens (tertiary/aromatic N) is 4. The van der Waals surface area contributed by atoms with Gasteiger partial charge in [-0.2, -0.15) is 10.2 Å². The molecular formula is C21H20N4O. The molecule has 0 unspecified atom stereocenters. The lowest BCUT2D eigenvalue weighted by atomic mass is 10.1. The summed E-state index contributed by atoms with van der Waals surface area (Å²) in [5, 5.41) is 9.76. The quantitative estimate of drug-likeness (QED) is 0.571. The fourth-order valence-electron chi connectivity index (χ4n) is 3.18. The Hall–Kier alpha value is -3.21. The van der Waals surface area contributed by atoms with Gasteiger partial charge in [0.15, 0.2) is 0 Å². The Morgan fingerprint density at radius 2 is 1.69 bits per heavy atom. The van der Waals surface area contributed by atoms with Gasteiger partial charge in [0, 0.05) is 5.39 Å². The van der Waals surface area contributed by atoms with Crippen LogP contribution >= 0.6 is 0 Å². The molecule has 5 heteroatoms. The first-order chi connectivity index (χ1) is 12.5. The molecule has 0 N–H and O–H groups in total. The molecule has 0 aliphatic rings. The van der Waals surface area contributed by atoms with E-state index >= 15 is 0 Å². The van der Waals surface area contributed by atoms with Gasteiger partial charge in [0.2, 0.25) is 0 Å². The summed E-state index contributed by atoms with van der Waals surface area (Å²) in [6.07, 6.45) is 1.72. The van der Waals surface area contributed by atoms with E-state index in [9.17, 15) is 4.79 Å². The number of para-hydroxylation sites is 1. The monoisotopic (exact) mass is 344 g/mol. The molecule has 0 saturated carbocycles. The van der Waals surface area contributed by atoms with Crippen molar-refractivity contribution < 1.29 is 0 Å². The lowest BCUT2D eigenvalue weighted by molar-refractivity contribution is 0.634. The highest BCUT2D eigenvalue weighted by Gasteiger charge is 2.16. The molecule has 2 aromatic heterocycles. The van der Waals surface area contributed by atoms with E-state index in [4.69, 9.17) is 0 Å². The first-order valence-corrected chi connectivity index (χ1v) is 8.61. The Labute approximate surface area is 151 Å². The summed E-state index contributed by atoms with van der Waals surface area (Å²) in [6.45, 7) is 6.42. The molecule has 4 rings (SSSR count). The molecule has 0 aliphatic carbocycles. The molecule has 130 valence electrons. The van der Waals surface area contributed by atoms with E-state index in [1.54, 1.807) is 10.9 Å². The van der Waals surface area contributed by atoms with Gasteiger partial charge in [-0.05, 0) is 38.0 Å². The standard InChI is InChI=1S/C21H20N4O/c1-14-8-10-17(11-9-14)13-24-21(26)20-18(16(3)23-24)12-22-25(20)19-7-5-4-6-15(19)2/h4-12H,13H2,1-3H3. The highest BCUT2D eigenvalue weighted by molar-refractivity contribution is 5.81. The highest BCUT2D eigenvalue weighted by atomic mass is 16.1. The van der Waals surface area contributed by atoms with E-state index in [1.165, 1.54) is 10.2 Å². The molecule has 5 nitrogen and oxygen atoms in total. The third-order valence-electron chi connectivity index (χ3n) is 4.66. The smallest absolute Gasteiger partial charge is 0.265 e. The number of rotatable bonds is 3. The molecule has 0 amide bonds. The van der Waals surface area contributed by atoms with E-state index in [1.807, 2.05) is 69.3 Å². The third kappa shape index (κ3) is 2.71. The van der Waals surface area contributed by atoms with Crippen LogP contribution in [0.2, 0.25) is 0 Å². The summed E-state index contributed by atoms with van der Waals surface area (Å²) >= 11 is 0. The normalized spacial score (nSPS) is 11.2. The van der Waals surface area contributed by atoms with Crippen molar-refractivity contribution in [2.75, 3.05) is 0 Å². The van der Waals surface area contributed by atoms with Gasteiger partial charge in [-0.25, -0.2) is 9.36 Å². The van der Waals surface area contributed by atoms with Gasteiger partial charge < -0.3 is 0 Å². The van der Waals surface area contributed by atoms with Crippen LogP contribution in [0.4, 0.5) is 0 Å². The van der Waals surface area contributed by atoms with Crippen LogP contribution in [0.5, 0.6) is 0 Å². The van der Waals surface area contributed by atoms with Crippen LogP contribution in [0.3, 0.4) is 0 Å². The van der Waals surface area contributed by atoms with Gasteiger partial charge in [-0.3, -0.25) is 4.79 Å². The van der Waals surface area contributed by atoms with Crippen LogP contribution in [0, 0.1) is 20.8 Å². The molecule has 0 saturated heterocycles. The van der Waals surface area contributed by atoms with Crippen molar-refractivity contribution >= 4 is 10.9 Å². The predicted octanol–water partition coefficient (Wildman–Crippen LogP) is 3.56. The van der Waals surface area contributed by atoms with E-state index in [0.717, 1.165) is 27.9 Å². The molecule has 26 heavy (non-hydrogen) atoms. The number of aromatic nitrogens is 4. The summed E-state index contributed by atoms with van der Waals surface area (Å²) < 4.78 is 3.26. The van der Waals surface area contributed by atoms with Gasteiger partial charge in [0.25, 0.3) is 5.56 Å². The lowest BCUT2D eigenvalue weighted by Gasteiger charge is -2.10. The minimum absolute atomic E-state index is 0.132. The average molecular weight is 344 g/mol. The molecule has 0 radical (unpaired) electrons. The zero-order chi connectivity index (χ0) is 18.3. The molecule has 2 heterocycles. The van der Waals surface area contributed by atoms with Crippen molar-refractivity contribution in [3.05, 3.63) is 87.5 Å². The van der Waals surface area contributed by atoms with E-state index in [0.29, 0.717) is 12.1 Å². The van der Waals surface area contributed by atoms with Crippen LogP contribution in [0.1, 0.15) is 22.4 Å². The number of hydrogen-bond acceptors (Lipinski definition) is 3. The first kappa shape index (κ1) is 16.3. The van der Waals surface area contributed by atoms with Crippen LogP contribution in [0.25, 0.3) is 16.6 Å². The molecule has 0 fully saturated rings. The Morgan fingerprint density at radius 3 is 2.42 bits per heavy atom. The number of benzene rings is 2. The molecule has 0 bridgehead atoms. The van der Waals surface area contributed by atoms with Crippen LogP contribution in [-0.4, -0.2) is 19.6 Å². The average Bonchev–Trinajstić information content (AvgIpc) is 3.07. The van der Waals surface area contributed by atoms with Gasteiger partial charge in [0.1, 0.15) is 5.52 Å². The van der Waals surface area contributed by atoms with Crippen LogP contribution < -0.4 is 5.56 Å². The SMILES string of the molecule is Cc1ccc(Cn2nc(C)c3cnn(-c4ccccc4C)c3c2=O)cc1. The minimum Gasteiger partial charge on any atom is -0.265 e. The van der Waals surface area contributed by atoms with Crippen molar-refractivity contribution in [1.82, 2.24) is 19.6 Å². The molecule has 4 aromatic rings. The third-order valence-corrected chi connectivity index (χ3v) is 4.66. The van der Waals surface area contributed by atoms with E-state index in [-0.39, 0.29) is 5.56 Å². The predicted molar refractivity (Wildman–Crippen MR) is 103 cm³/mol. The second kappa shape index (κ2) is 6.26. The van der Waals surface area contributed by atoms with Crippen molar-refractivity contribution in [3.63, 3.8) is 0 Å². The molecule has 2 aromatic carbocycles. The Kier molecular flexibility index (Phi) is 3.92. The second-order valence-corrected chi connectivity index (χ2v) is 6.64. The van der Waals surface area contributed by atoms with Gasteiger partial charge in [-0.1, -0.05) is 48.0 Å². The van der Waals surface area contributed by atoms with E-state index < -0.39 is 0 Å². The fraction of sp³-hybridized carbons (Fsp3) is 0.190. The zero-order valence-electron chi connectivity index (χ0n) is 15.1. The van der Waals surface area contributed by atoms with Crippen molar-refractivity contribution in [2.24, 2.45) is 0 Å². The number of aryl methyl sites for hydroxylation is 3. The van der Waals surface area contributed by atoms with Crippen molar-refractivity contribution in [2.45, 2.75) is 27.3 Å². The summed E-state index contributed by atoms with van der Waals surface area (Å²) in [5.41, 5.74) is 5.45. The zero-order valence-corrected chi connectivity index (χ0v) is 15.1. The van der Waals surface area contributed by atoms with Gasteiger partial charge in [-0.15, -0.1) is 0 Å². The Bertz CT molecular complexity index is 1150. The molecule has 0 aliphatic heterocycles. The molecule has 0 atom stereocenters. The summed E-state index contributed by atoms with van der Waals surface area (Å²) in [4.78, 5) is 13.2. The van der Waals surface area contributed by atoms with Crippen LogP contribution in [0.15, 0.2) is 59.5 Å². The fourth-order valence-corrected chi connectivity index (χ4v) is 3.18. The summed E-state index contributed by atoms with van der Waals surface area (Å²) in [5.74, 6) is 0. The van der Waals surface area contributed by atoms with E-state index in [2.05, 4.69) is 10.2 Å². The number of fused-ring (bicyclic) bond motifs is 1. The topological polar surface area (TPSA) is 52.7 Å². The highest BCUT2D eigenvalue weighted by Crippen LogP contribution is 2.19. The second-order valence-electron chi connectivity index (χ2n) is 6.64. The summed E-state index contributed by atoms with van der Waals surface area (Å²) in [7, 11) is 0. The number of hydrogen-bond donors (Lipinski definition) is 0. The maximum Gasteiger partial charge on any atom is 0.293 e. The maximum atomic E-state index is 13.2. The van der Waals surface area contributed by atoms with Gasteiger partial charge in [0.05, 0.1) is 24.1 Å². The maximum absolute atomic E-state index is 13.2. The minimum atomic E-state index is -0.132. The lowest BCUT2D eigenvalue weighted by Crippen LogP contribution is -2.26. The van der Waals surface area contributed by atoms with Crippen molar-refractivity contribution in [3.8, 4) is 5.69 Å². The van der Waals surface area contributed by atoms with Crippen molar-refractivity contribution in [1.29, 1.82) is 0 Å². The largest absolute Gasteiger partial charge is 0.293 e. The molecular weight excluding hydrogens is 324 g/mol. The Morgan fingerprint density at radius 1 is 0.962 bits per heavy atom. The summed E-state index contributed by atoms with van der Waals surface area (Å²) in [6, 6.07) is 16.1.